The van der Waals surface area contributed by atoms with Gasteiger partial charge in [-0.05, 0) is 38.5 Å². The van der Waals surface area contributed by atoms with Crippen LogP contribution in [0.5, 0.6) is 5.75 Å². The highest BCUT2D eigenvalue weighted by molar-refractivity contribution is 5.32. The molecule has 0 saturated heterocycles. The Morgan fingerprint density at radius 1 is 1.37 bits per heavy atom. The summed E-state index contributed by atoms with van der Waals surface area (Å²) >= 11 is 0. The SMILES string of the molecule is CCn1ccnc1C(O)c1cccc(OC(C)C)c1. The Morgan fingerprint density at radius 2 is 2.16 bits per heavy atom. The quantitative estimate of drug-likeness (QED) is 0.899. The van der Waals surface area contributed by atoms with E-state index in [4.69, 9.17) is 4.74 Å². The molecule has 0 aliphatic carbocycles. The van der Waals surface area contributed by atoms with E-state index in [9.17, 15) is 5.11 Å². The summed E-state index contributed by atoms with van der Waals surface area (Å²) in [6.45, 7) is 6.77. The van der Waals surface area contributed by atoms with Crippen LogP contribution in [-0.2, 0) is 6.54 Å². The first-order valence-corrected chi connectivity index (χ1v) is 6.57. The van der Waals surface area contributed by atoms with E-state index in [1.807, 2.05) is 55.8 Å². The zero-order valence-electron chi connectivity index (χ0n) is 11.6. The monoisotopic (exact) mass is 260 g/mol. The molecule has 1 aromatic carbocycles. The smallest absolute Gasteiger partial charge is 0.142 e. The fraction of sp³-hybridized carbons (Fsp3) is 0.400. The molecule has 19 heavy (non-hydrogen) atoms. The molecule has 0 fully saturated rings. The van der Waals surface area contributed by atoms with Crippen LogP contribution in [0.25, 0.3) is 0 Å². The molecule has 0 radical (unpaired) electrons. The number of nitrogens with zero attached hydrogens (tertiary/aromatic N) is 2. The van der Waals surface area contributed by atoms with Gasteiger partial charge in [0.1, 0.15) is 17.7 Å². The van der Waals surface area contributed by atoms with Gasteiger partial charge in [-0.25, -0.2) is 4.98 Å². The van der Waals surface area contributed by atoms with Crippen molar-refractivity contribution in [3.8, 4) is 5.75 Å². The predicted octanol–water partition coefficient (Wildman–Crippen LogP) is 2.77. The summed E-state index contributed by atoms with van der Waals surface area (Å²) in [6, 6.07) is 7.52. The van der Waals surface area contributed by atoms with E-state index >= 15 is 0 Å². The number of aliphatic hydroxyl groups is 1. The van der Waals surface area contributed by atoms with Gasteiger partial charge >= 0.3 is 0 Å². The summed E-state index contributed by atoms with van der Waals surface area (Å²) in [6.07, 6.45) is 2.96. The molecular weight excluding hydrogens is 240 g/mol. The van der Waals surface area contributed by atoms with Crippen molar-refractivity contribution < 1.29 is 9.84 Å². The summed E-state index contributed by atoms with van der Waals surface area (Å²) in [5.41, 5.74) is 0.791. The third-order valence-corrected chi connectivity index (χ3v) is 2.88. The molecule has 0 aliphatic rings. The number of rotatable bonds is 5. The molecule has 1 heterocycles. The molecule has 0 amide bonds. The molecule has 1 N–H and O–H groups in total. The number of hydrogen-bond acceptors (Lipinski definition) is 3. The van der Waals surface area contributed by atoms with Gasteiger partial charge in [0.15, 0.2) is 0 Å². The van der Waals surface area contributed by atoms with Crippen molar-refractivity contribution in [1.82, 2.24) is 9.55 Å². The van der Waals surface area contributed by atoms with Crippen molar-refractivity contribution in [3.05, 3.63) is 48.0 Å². The van der Waals surface area contributed by atoms with Gasteiger partial charge in [0.25, 0.3) is 0 Å². The number of ether oxygens (including phenoxy) is 1. The Labute approximate surface area is 113 Å². The van der Waals surface area contributed by atoms with Crippen LogP contribution in [0.2, 0.25) is 0 Å². The highest BCUT2D eigenvalue weighted by atomic mass is 16.5. The predicted molar refractivity (Wildman–Crippen MR) is 74.2 cm³/mol. The van der Waals surface area contributed by atoms with Crippen molar-refractivity contribution in [3.63, 3.8) is 0 Å². The normalized spacial score (nSPS) is 12.7. The molecule has 1 atom stereocenters. The van der Waals surface area contributed by atoms with Crippen LogP contribution in [0, 0.1) is 0 Å². The summed E-state index contributed by atoms with van der Waals surface area (Å²) in [5.74, 6) is 1.42. The highest BCUT2D eigenvalue weighted by Crippen LogP contribution is 2.24. The van der Waals surface area contributed by atoms with E-state index in [1.165, 1.54) is 0 Å². The Hall–Kier alpha value is -1.81. The maximum atomic E-state index is 10.4. The standard InChI is InChI=1S/C15H20N2O2/c1-4-17-9-8-16-15(17)14(18)12-6-5-7-13(10-12)19-11(2)3/h5-11,14,18H,4H2,1-3H3. The number of hydrogen-bond donors (Lipinski definition) is 1. The molecule has 2 aromatic rings. The van der Waals surface area contributed by atoms with Crippen LogP contribution in [-0.4, -0.2) is 20.8 Å². The molecule has 0 saturated carbocycles. The minimum absolute atomic E-state index is 0.116. The van der Waals surface area contributed by atoms with Crippen molar-refractivity contribution in [1.29, 1.82) is 0 Å². The second-order valence-corrected chi connectivity index (χ2v) is 4.71. The third kappa shape index (κ3) is 3.15. The van der Waals surface area contributed by atoms with Gasteiger partial charge in [0, 0.05) is 18.9 Å². The zero-order valence-corrected chi connectivity index (χ0v) is 11.6. The van der Waals surface area contributed by atoms with E-state index < -0.39 is 6.10 Å². The molecule has 102 valence electrons. The number of aliphatic hydroxyl groups excluding tert-OH is 1. The Bertz CT molecular complexity index is 534. The number of aryl methyl sites for hydroxylation is 1. The molecule has 0 aliphatic heterocycles. The zero-order chi connectivity index (χ0) is 13.8. The van der Waals surface area contributed by atoms with Crippen molar-refractivity contribution in [2.75, 3.05) is 0 Å². The number of imidazole rings is 1. The number of benzene rings is 1. The van der Waals surface area contributed by atoms with E-state index in [0.29, 0.717) is 5.82 Å². The lowest BCUT2D eigenvalue weighted by Gasteiger charge is -2.15. The molecule has 1 aromatic heterocycles. The topological polar surface area (TPSA) is 47.3 Å². The Kier molecular flexibility index (Phi) is 4.22. The first kappa shape index (κ1) is 13.6. The average molecular weight is 260 g/mol. The summed E-state index contributed by atoms with van der Waals surface area (Å²) in [4.78, 5) is 4.23. The van der Waals surface area contributed by atoms with E-state index in [2.05, 4.69) is 4.98 Å². The lowest BCUT2D eigenvalue weighted by molar-refractivity contribution is 0.202. The fourth-order valence-electron chi connectivity index (χ4n) is 2.01. The molecule has 0 spiro atoms. The van der Waals surface area contributed by atoms with Crippen LogP contribution in [0.1, 0.15) is 38.3 Å². The average Bonchev–Trinajstić information content (AvgIpc) is 2.85. The van der Waals surface area contributed by atoms with Gasteiger partial charge in [-0.3, -0.25) is 0 Å². The molecule has 4 nitrogen and oxygen atoms in total. The van der Waals surface area contributed by atoms with E-state index in [-0.39, 0.29) is 6.10 Å². The molecule has 2 rings (SSSR count). The Morgan fingerprint density at radius 3 is 2.84 bits per heavy atom. The second-order valence-electron chi connectivity index (χ2n) is 4.71. The van der Waals surface area contributed by atoms with Crippen LogP contribution in [0.15, 0.2) is 36.7 Å². The maximum absolute atomic E-state index is 10.4. The minimum Gasteiger partial charge on any atom is -0.491 e. The van der Waals surface area contributed by atoms with Crippen LogP contribution >= 0.6 is 0 Å². The molecule has 4 heteroatoms. The van der Waals surface area contributed by atoms with Gasteiger partial charge in [0.05, 0.1) is 6.10 Å². The Balaban J connectivity index is 2.26. The first-order chi connectivity index (χ1) is 9.11. The van der Waals surface area contributed by atoms with Crippen LogP contribution in [0.3, 0.4) is 0 Å². The van der Waals surface area contributed by atoms with Crippen LogP contribution < -0.4 is 4.74 Å². The summed E-state index contributed by atoms with van der Waals surface area (Å²) in [5, 5.41) is 10.4. The fourth-order valence-corrected chi connectivity index (χ4v) is 2.01. The van der Waals surface area contributed by atoms with Gasteiger partial charge < -0.3 is 14.4 Å². The highest BCUT2D eigenvalue weighted by Gasteiger charge is 2.16. The second kappa shape index (κ2) is 5.89. The molecular formula is C15H20N2O2. The third-order valence-electron chi connectivity index (χ3n) is 2.88. The first-order valence-electron chi connectivity index (χ1n) is 6.57. The van der Waals surface area contributed by atoms with Crippen LogP contribution in [0.4, 0.5) is 0 Å². The largest absolute Gasteiger partial charge is 0.491 e. The van der Waals surface area contributed by atoms with Crippen molar-refractivity contribution in [2.45, 2.75) is 39.5 Å². The van der Waals surface area contributed by atoms with Gasteiger partial charge in [0.2, 0.25) is 0 Å². The van der Waals surface area contributed by atoms with Gasteiger partial charge in [-0.1, -0.05) is 12.1 Å². The van der Waals surface area contributed by atoms with Gasteiger partial charge in [-0.15, -0.1) is 0 Å². The molecule has 0 bridgehead atoms. The molecule has 1 unspecified atom stereocenters. The lowest BCUT2D eigenvalue weighted by atomic mass is 10.1. The summed E-state index contributed by atoms with van der Waals surface area (Å²) < 4.78 is 7.57. The lowest BCUT2D eigenvalue weighted by Crippen LogP contribution is -2.10. The van der Waals surface area contributed by atoms with Gasteiger partial charge in [-0.2, -0.15) is 0 Å². The van der Waals surface area contributed by atoms with Crippen molar-refractivity contribution in [2.24, 2.45) is 0 Å². The van der Waals surface area contributed by atoms with E-state index in [0.717, 1.165) is 17.9 Å². The summed E-state index contributed by atoms with van der Waals surface area (Å²) in [7, 11) is 0. The minimum atomic E-state index is -0.731. The van der Waals surface area contributed by atoms with Crippen molar-refractivity contribution >= 4 is 0 Å². The number of aromatic nitrogens is 2. The maximum Gasteiger partial charge on any atom is 0.142 e. The van der Waals surface area contributed by atoms with E-state index in [1.54, 1.807) is 6.20 Å².